The molecule has 1 saturated carbocycles. The van der Waals surface area contributed by atoms with Crippen molar-refractivity contribution >= 4 is 0 Å². The Morgan fingerprint density at radius 3 is 1.90 bits per heavy atom. The fraction of sp³-hybridized carbons (Fsp3) is 1.00. The van der Waals surface area contributed by atoms with Gasteiger partial charge in [-0.1, -0.05) is 84.5 Å². The first kappa shape index (κ1) is 18.0. The van der Waals surface area contributed by atoms with Crippen molar-refractivity contribution < 1.29 is 0 Å². The SMILES string of the molecule is CCCCCCCCCCCCC1(CN)CCC(C)C1. The molecule has 1 rings (SSSR count). The average molecular weight is 282 g/mol. The molecule has 1 nitrogen and oxygen atoms in total. The molecule has 0 aromatic rings. The zero-order valence-electron chi connectivity index (χ0n) is 14.3. The van der Waals surface area contributed by atoms with Crippen LogP contribution in [0.1, 0.15) is 104 Å². The molecule has 1 fully saturated rings. The minimum Gasteiger partial charge on any atom is -0.330 e. The summed E-state index contributed by atoms with van der Waals surface area (Å²) in [6.45, 7) is 5.62. The molecule has 1 aliphatic carbocycles. The molecule has 0 aromatic heterocycles. The lowest BCUT2D eigenvalue weighted by Crippen LogP contribution is -2.27. The zero-order chi connectivity index (χ0) is 14.7. The highest BCUT2D eigenvalue weighted by molar-refractivity contribution is 4.88. The Morgan fingerprint density at radius 2 is 1.45 bits per heavy atom. The van der Waals surface area contributed by atoms with Crippen molar-refractivity contribution in [2.24, 2.45) is 17.1 Å². The van der Waals surface area contributed by atoms with Crippen LogP contribution in [0, 0.1) is 11.3 Å². The summed E-state index contributed by atoms with van der Waals surface area (Å²) in [5.41, 5.74) is 6.58. The van der Waals surface area contributed by atoms with Crippen LogP contribution in [0.25, 0.3) is 0 Å². The highest BCUT2D eigenvalue weighted by Gasteiger charge is 2.35. The van der Waals surface area contributed by atoms with Crippen molar-refractivity contribution in [2.75, 3.05) is 6.54 Å². The summed E-state index contributed by atoms with van der Waals surface area (Å²) in [6.07, 6.45) is 20.0. The minimum absolute atomic E-state index is 0.527. The summed E-state index contributed by atoms with van der Waals surface area (Å²) >= 11 is 0. The Bertz CT molecular complexity index is 226. The molecule has 2 unspecified atom stereocenters. The Kier molecular flexibility index (Phi) is 9.59. The van der Waals surface area contributed by atoms with Gasteiger partial charge in [0.15, 0.2) is 0 Å². The summed E-state index contributed by atoms with van der Waals surface area (Å²) < 4.78 is 0. The van der Waals surface area contributed by atoms with E-state index >= 15 is 0 Å². The third kappa shape index (κ3) is 7.11. The molecule has 2 atom stereocenters. The molecule has 0 aliphatic heterocycles. The molecular weight excluding hydrogens is 242 g/mol. The summed E-state index contributed by atoms with van der Waals surface area (Å²) in [5.74, 6) is 0.918. The molecule has 0 spiro atoms. The van der Waals surface area contributed by atoms with Gasteiger partial charge in [0.25, 0.3) is 0 Å². The molecule has 0 bridgehead atoms. The van der Waals surface area contributed by atoms with E-state index in [-0.39, 0.29) is 0 Å². The summed E-state index contributed by atoms with van der Waals surface area (Å²) in [4.78, 5) is 0. The van der Waals surface area contributed by atoms with Gasteiger partial charge in [0.05, 0.1) is 0 Å². The van der Waals surface area contributed by atoms with E-state index in [2.05, 4.69) is 13.8 Å². The van der Waals surface area contributed by atoms with Crippen molar-refractivity contribution in [3.63, 3.8) is 0 Å². The van der Waals surface area contributed by atoms with Crippen LogP contribution in [0.3, 0.4) is 0 Å². The van der Waals surface area contributed by atoms with Gasteiger partial charge in [-0.15, -0.1) is 0 Å². The van der Waals surface area contributed by atoms with Crippen LogP contribution in [0.2, 0.25) is 0 Å². The normalized spacial score (nSPS) is 26.2. The van der Waals surface area contributed by atoms with Crippen LogP contribution in [0.15, 0.2) is 0 Å². The number of hydrogen-bond donors (Lipinski definition) is 1. The fourth-order valence-electron chi connectivity index (χ4n) is 4.00. The lowest BCUT2D eigenvalue weighted by molar-refractivity contribution is 0.262. The van der Waals surface area contributed by atoms with Crippen LogP contribution >= 0.6 is 0 Å². The predicted molar refractivity (Wildman–Crippen MR) is 91.0 cm³/mol. The van der Waals surface area contributed by atoms with E-state index in [0.29, 0.717) is 5.41 Å². The van der Waals surface area contributed by atoms with E-state index in [0.717, 1.165) is 12.5 Å². The van der Waals surface area contributed by atoms with Gasteiger partial charge >= 0.3 is 0 Å². The summed E-state index contributed by atoms with van der Waals surface area (Å²) in [5, 5.41) is 0. The lowest BCUT2D eigenvalue weighted by atomic mass is 9.80. The van der Waals surface area contributed by atoms with Gasteiger partial charge in [-0.3, -0.25) is 0 Å². The second-order valence-corrected chi connectivity index (χ2v) is 7.48. The first-order chi connectivity index (χ1) is 9.72. The number of hydrogen-bond acceptors (Lipinski definition) is 1. The topological polar surface area (TPSA) is 26.0 Å². The van der Waals surface area contributed by atoms with Crippen LogP contribution in [-0.4, -0.2) is 6.54 Å². The largest absolute Gasteiger partial charge is 0.330 e. The highest BCUT2D eigenvalue weighted by atomic mass is 14.6. The third-order valence-electron chi connectivity index (χ3n) is 5.44. The average Bonchev–Trinajstić information content (AvgIpc) is 2.83. The van der Waals surface area contributed by atoms with Gasteiger partial charge in [0, 0.05) is 0 Å². The molecule has 1 aliphatic rings. The van der Waals surface area contributed by atoms with Crippen molar-refractivity contribution in [3.05, 3.63) is 0 Å². The highest BCUT2D eigenvalue weighted by Crippen LogP contribution is 2.44. The molecular formula is C19H39N. The summed E-state index contributed by atoms with van der Waals surface area (Å²) in [6, 6.07) is 0. The third-order valence-corrected chi connectivity index (χ3v) is 5.44. The minimum atomic E-state index is 0.527. The molecule has 2 N–H and O–H groups in total. The Balaban J connectivity index is 1.91. The Hall–Kier alpha value is -0.0400. The van der Waals surface area contributed by atoms with E-state index in [1.54, 1.807) is 0 Å². The van der Waals surface area contributed by atoms with Gasteiger partial charge in [-0.25, -0.2) is 0 Å². The van der Waals surface area contributed by atoms with Crippen molar-refractivity contribution in [1.29, 1.82) is 0 Å². The van der Waals surface area contributed by atoms with Crippen molar-refractivity contribution in [2.45, 2.75) is 104 Å². The maximum Gasteiger partial charge on any atom is -0.00204 e. The number of rotatable bonds is 12. The monoisotopic (exact) mass is 281 g/mol. The van der Waals surface area contributed by atoms with Gasteiger partial charge in [-0.2, -0.15) is 0 Å². The molecule has 120 valence electrons. The number of nitrogens with two attached hydrogens (primary N) is 1. The van der Waals surface area contributed by atoms with Crippen molar-refractivity contribution in [1.82, 2.24) is 0 Å². The predicted octanol–water partition coefficient (Wildman–Crippen LogP) is 6.06. The smallest absolute Gasteiger partial charge is 0.00204 e. The van der Waals surface area contributed by atoms with E-state index in [4.69, 9.17) is 5.73 Å². The molecule has 0 radical (unpaired) electrons. The fourth-order valence-corrected chi connectivity index (χ4v) is 4.00. The molecule has 20 heavy (non-hydrogen) atoms. The van der Waals surface area contributed by atoms with Crippen molar-refractivity contribution in [3.8, 4) is 0 Å². The van der Waals surface area contributed by atoms with Gasteiger partial charge < -0.3 is 5.73 Å². The molecule has 0 saturated heterocycles. The first-order valence-electron chi connectivity index (χ1n) is 9.42. The van der Waals surface area contributed by atoms with Crippen LogP contribution in [0.4, 0.5) is 0 Å². The maximum absolute atomic E-state index is 6.05. The van der Waals surface area contributed by atoms with E-state index < -0.39 is 0 Å². The van der Waals surface area contributed by atoms with Crippen LogP contribution < -0.4 is 5.73 Å². The zero-order valence-corrected chi connectivity index (χ0v) is 14.3. The van der Waals surface area contributed by atoms with E-state index in [1.807, 2.05) is 0 Å². The lowest BCUT2D eigenvalue weighted by Gasteiger charge is -2.27. The molecule has 1 heteroatoms. The van der Waals surface area contributed by atoms with Gasteiger partial charge in [-0.05, 0) is 37.1 Å². The molecule has 0 heterocycles. The quantitative estimate of drug-likeness (QED) is 0.432. The maximum atomic E-state index is 6.05. The van der Waals surface area contributed by atoms with Gasteiger partial charge in [0.2, 0.25) is 0 Å². The second kappa shape index (κ2) is 10.7. The number of unbranched alkanes of at least 4 members (excludes halogenated alkanes) is 9. The Labute approximate surface area is 128 Å². The van der Waals surface area contributed by atoms with Crippen LogP contribution in [-0.2, 0) is 0 Å². The standard InChI is InChI=1S/C19H39N/c1-3-4-5-6-7-8-9-10-11-12-14-19(17-20)15-13-18(2)16-19/h18H,3-17,20H2,1-2H3. The molecule has 0 amide bonds. The van der Waals surface area contributed by atoms with E-state index in [1.165, 1.54) is 89.9 Å². The second-order valence-electron chi connectivity index (χ2n) is 7.48. The molecule has 0 aromatic carbocycles. The van der Waals surface area contributed by atoms with E-state index in [9.17, 15) is 0 Å². The van der Waals surface area contributed by atoms with Gasteiger partial charge in [0.1, 0.15) is 0 Å². The summed E-state index contributed by atoms with van der Waals surface area (Å²) in [7, 11) is 0. The first-order valence-corrected chi connectivity index (χ1v) is 9.42. The van der Waals surface area contributed by atoms with Crippen LogP contribution in [0.5, 0.6) is 0 Å². The Morgan fingerprint density at radius 1 is 0.900 bits per heavy atom.